The van der Waals surface area contributed by atoms with Crippen molar-refractivity contribution in [3.63, 3.8) is 0 Å². The van der Waals surface area contributed by atoms with Crippen molar-refractivity contribution in [2.75, 3.05) is 96.1 Å². The molecule has 28 nitrogen and oxygen atoms in total. The van der Waals surface area contributed by atoms with Crippen LogP contribution in [0.2, 0.25) is 10.0 Å². The summed E-state index contributed by atoms with van der Waals surface area (Å²) in [4.78, 5) is 94.6. The van der Waals surface area contributed by atoms with Gasteiger partial charge in [0.25, 0.3) is 16.7 Å². The number of fused-ring (bicyclic) bond motifs is 4. The third kappa shape index (κ3) is 17.6. The zero-order chi connectivity index (χ0) is 88.1. The molecule has 4 saturated heterocycles. The molecule has 128 heavy (non-hydrogen) atoms. The van der Waals surface area contributed by atoms with Gasteiger partial charge in [0.2, 0.25) is 17.8 Å². The van der Waals surface area contributed by atoms with Crippen LogP contribution in [0.5, 0.6) is 0 Å². The summed E-state index contributed by atoms with van der Waals surface area (Å²) in [6.07, 6.45) is 23.0. The topological polar surface area (TPSA) is 283 Å². The van der Waals surface area contributed by atoms with E-state index in [2.05, 4.69) is 125 Å². The molecule has 0 radical (unpaired) electrons. The molecule has 5 N–H and O–H groups in total. The summed E-state index contributed by atoms with van der Waals surface area (Å²) in [5.74, 6) is 1.39. The molecule has 6 fully saturated rings. The highest BCUT2D eigenvalue weighted by molar-refractivity contribution is 7.15. The van der Waals surface area contributed by atoms with Gasteiger partial charge in [0.05, 0.1) is 50.3 Å². The monoisotopic (exact) mass is 1770 g/mol. The van der Waals surface area contributed by atoms with E-state index < -0.39 is 0 Å². The van der Waals surface area contributed by atoms with Crippen LogP contribution in [0.1, 0.15) is 102 Å². The standard InChI is InChI=1S/C34H36ClFN8O.C33H36N8OS.C29H30ClN9O/c1-20-18-43(19-21(2)39-20)31-11-9-24(16-29(31)36)40-34-37-17-22-14-28(33(45)44(32(22)41-34)25-6-4-5-7-25)26-10-8-23(35)15-27(26)30-12-13-38-42(30)3;1-21-29(36-31(43-21)28-6-4-13-38(28)2)27-17-23-18-34-33(37-30(23)41(32(27)42)19-22-7-8-22)35-24-9-11-25(12-10-24)40-16-15-39-14-3-5-26(39)20-40;1-18(2)39-27-20(14-23(28(39)40)26-19(3)38(17-34-26)22-6-8-31-9-7-22)16-33-29(36-27)35-21-4-5-25(24(30)15-21)37-12-10-32-11-13-37/h8-17,20-21,25,39H,4-7,18-19H2,1-3H3,(H,37,40,41);4,6,9-13,17-18,22,26H,3,5,7-8,14-16,19-20H2,1-2H3,(H,34,35,37);4-9,14-18,32H,10-13H2,1-3H3,(H,33,35,36)/t20-,21+;;. The Bertz CT molecular complexity index is 6840. The quantitative estimate of drug-likeness (QED) is 0.0503. The summed E-state index contributed by atoms with van der Waals surface area (Å²) in [6.45, 7) is 22.6. The first-order chi connectivity index (χ1) is 62.1. The van der Waals surface area contributed by atoms with E-state index in [9.17, 15) is 14.4 Å². The number of aryl methyl sites for hydroxylation is 3. The van der Waals surface area contributed by atoms with Crippen LogP contribution in [0.3, 0.4) is 0 Å². The fraction of sp³-hybridized carbons (Fsp3) is 0.344. The Balaban J connectivity index is 0.000000125. The zero-order valence-corrected chi connectivity index (χ0v) is 75.2. The van der Waals surface area contributed by atoms with Crippen molar-refractivity contribution in [1.82, 2.24) is 93.0 Å². The summed E-state index contributed by atoms with van der Waals surface area (Å²) in [7, 11) is 3.88. The molecule has 2 aliphatic carbocycles. The van der Waals surface area contributed by atoms with E-state index in [1.54, 1.807) is 70.0 Å². The molecule has 21 rings (SSSR count). The predicted octanol–water partition coefficient (Wildman–Crippen LogP) is 17.1. The largest absolute Gasteiger partial charge is 0.369 e. The van der Waals surface area contributed by atoms with Crippen molar-refractivity contribution in [1.29, 1.82) is 0 Å². The van der Waals surface area contributed by atoms with Crippen molar-refractivity contribution < 1.29 is 4.39 Å². The van der Waals surface area contributed by atoms with Crippen molar-refractivity contribution in [3.05, 3.63) is 235 Å². The van der Waals surface area contributed by atoms with Crippen molar-refractivity contribution >= 4 is 120 Å². The Kier molecular flexibility index (Phi) is 24.1. The number of hydrogen-bond acceptors (Lipinski definition) is 23. The van der Waals surface area contributed by atoms with E-state index in [4.69, 9.17) is 43.1 Å². The van der Waals surface area contributed by atoms with Crippen LogP contribution in [0.25, 0.3) is 94.4 Å². The molecule has 6 aliphatic rings. The normalized spacial score (nSPS) is 17.3. The summed E-state index contributed by atoms with van der Waals surface area (Å²) >= 11 is 14.7. The lowest BCUT2D eigenvalue weighted by molar-refractivity contribution is 0.231. The van der Waals surface area contributed by atoms with E-state index in [1.165, 1.54) is 31.1 Å². The molecule has 0 spiro atoms. The molecule has 15 aromatic rings. The lowest BCUT2D eigenvalue weighted by Gasteiger charge is -2.38. The summed E-state index contributed by atoms with van der Waals surface area (Å²) in [6, 6.07) is 41.6. The molecule has 11 aromatic heterocycles. The average molecular weight is 1780 g/mol. The molecule has 4 aliphatic heterocycles. The van der Waals surface area contributed by atoms with Gasteiger partial charge in [-0.3, -0.25) is 42.7 Å². The SMILES string of the molecule is C[C@@H]1CN(c2ccc(Nc3ncc4cc(-c5ccc(Cl)cc5-c5ccnn5C)c(=O)n(C5CCCC5)c4n3)cc2F)C[C@H](C)N1.Cc1c(-c2cc3cnc(Nc4ccc(N5CCNCC5)c(Cl)c4)nc3n(C(C)C)c2=O)ncn1-c1ccncc1.Cc1sc(-c2cccn2C)nc1-c1cc2cnc(Nc3ccc(N4CCN5CCCC5C4)cc3)nc2n(CC2CC2)c1=O. The summed E-state index contributed by atoms with van der Waals surface area (Å²) < 4.78 is 26.5. The lowest BCUT2D eigenvalue weighted by Crippen LogP contribution is -2.54. The number of aromatic nitrogens is 16. The highest BCUT2D eigenvalue weighted by Gasteiger charge is 2.33. The molecular weight excluding hydrogens is 1670 g/mol. The number of halogens is 3. The maximum absolute atomic E-state index is 15.4. The van der Waals surface area contributed by atoms with Gasteiger partial charge in [0.1, 0.15) is 34.1 Å². The molecule has 1 unspecified atom stereocenters. The molecule has 2 saturated carbocycles. The molecule has 656 valence electrons. The van der Waals surface area contributed by atoms with Gasteiger partial charge in [-0.05, 0) is 219 Å². The minimum absolute atomic E-state index is 0.0238. The Hall–Kier alpha value is -12.6. The lowest BCUT2D eigenvalue weighted by atomic mass is 9.97. The highest BCUT2D eigenvalue weighted by atomic mass is 35.5. The number of thiazole rings is 1. The molecule has 3 atom stereocenters. The first-order valence-electron chi connectivity index (χ1n) is 44.2. The number of pyridine rings is 4. The first-order valence-corrected chi connectivity index (χ1v) is 45.8. The van der Waals surface area contributed by atoms with Gasteiger partial charge in [-0.2, -0.15) is 20.1 Å². The zero-order valence-electron chi connectivity index (χ0n) is 72.9. The average Bonchev–Trinajstić information content (AvgIpc) is 1.07. The summed E-state index contributed by atoms with van der Waals surface area (Å²) in [5, 5.41) is 25.5. The van der Waals surface area contributed by atoms with Gasteiger partial charge in [0.15, 0.2) is 0 Å². The summed E-state index contributed by atoms with van der Waals surface area (Å²) in [5.41, 5.74) is 14.9. The van der Waals surface area contributed by atoms with E-state index in [1.807, 2.05) is 147 Å². The molecule has 32 heteroatoms. The number of imidazole rings is 1. The molecule has 15 heterocycles. The van der Waals surface area contributed by atoms with Crippen LogP contribution in [-0.4, -0.2) is 166 Å². The van der Waals surface area contributed by atoms with Crippen LogP contribution < -0.4 is 58.0 Å². The fourth-order valence-electron chi connectivity index (χ4n) is 18.8. The van der Waals surface area contributed by atoms with Crippen molar-refractivity contribution in [3.8, 4) is 61.3 Å². The van der Waals surface area contributed by atoms with Crippen LogP contribution in [-0.2, 0) is 20.6 Å². The Morgan fingerprint density at radius 1 is 0.555 bits per heavy atom. The van der Waals surface area contributed by atoms with Crippen LogP contribution >= 0.6 is 34.5 Å². The Labute approximate surface area is 754 Å². The van der Waals surface area contributed by atoms with E-state index in [0.29, 0.717) is 97.1 Å². The molecule has 0 amide bonds. The van der Waals surface area contributed by atoms with Crippen molar-refractivity contribution in [2.45, 2.75) is 130 Å². The van der Waals surface area contributed by atoms with E-state index >= 15 is 4.39 Å². The van der Waals surface area contributed by atoms with Gasteiger partial charge in [0, 0.05) is 224 Å². The number of piperazine rings is 3. The first kappa shape index (κ1) is 84.9. The Morgan fingerprint density at radius 2 is 1.20 bits per heavy atom. The third-order valence-electron chi connectivity index (χ3n) is 25.3. The van der Waals surface area contributed by atoms with Crippen LogP contribution in [0.15, 0.2) is 191 Å². The third-order valence-corrected chi connectivity index (χ3v) is 26.9. The minimum Gasteiger partial charge on any atom is -0.369 e. The smallest absolute Gasteiger partial charge is 0.261 e. The molecule has 4 aromatic carbocycles. The maximum atomic E-state index is 15.4. The van der Waals surface area contributed by atoms with Crippen molar-refractivity contribution in [2.24, 2.45) is 20.0 Å². The molecular formula is C96H102Cl2FN25O3S. The number of benzene rings is 4. The molecule has 0 bridgehead atoms. The fourth-order valence-corrected chi connectivity index (χ4v) is 20.2. The Morgan fingerprint density at radius 3 is 1.88 bits per heavy atom. The van der Waals surface area contributed by atoms with Crippen LogP contribution in [0, 0.1) is 25.6 Å². The predicted molar refractivity (Wildman–Crippen MR) is 510 cm³/mol. The van der Waals surface area contributed by atoms with Gasteiger partial charge >= 0.3 is 0 Å². The van der Waals surface area contributed by atoms with Gasteiger partial charge in [-0.25, -0.2) is 29.3 Å². The number of rotatable bonds is 19. The highest BCUT2D eigenvalue weighted by Crippen LogP contribution is 2.41. The minimum atomic E-state index is -0.304. The number of nitrogens with one attached hydrogen (secondary N) is 5. The number of hydrogen-bond donors (Lipinski definition) is 5. The second-order valence-electron chi connectivity index (χ2n) is 34.7. The van der Waals surface area contributed by atoms with Crippen LogP contribution in [0.4, 0.5) is 56.4 Å². The second kappa shape index (κ2) is 36.3. The van der Waals surface area contributed by atoms with E-state index in [0.717, 1.165) is 180 Å². The number of nitrogens with zero attached hydrogens (tertiary/aromatic N) is 20. The van der Waals surface area contributed by atoms with E-state index in [-0.39, 0.29) is 46.7 Å². The van der Waals surface area contributed by atoms with Gasteiger partial charge in [-0.1, -0.05) is 42.1 Å². The van der Waals surface area contributed by atoms with Gasteiger partial charge < -0.3 is 50.4 Å². The number of anilines is 9. The van der Waals surface area contributed by atoms with Gasteiger partial charge in [-0.15, -0.1) is 11.3 Å². The maximum Gasteiger partial charge on any atom is 0.261 e. The second-order valence-corrected chi connectivity index (χ2v) is 36.7.